The van der Waals surface area contributed by atoms with Gasteiger partial charge in [0.25, 0.3) is 0 Å². The Morgan fingerprint density at radius 3 is 2.26 bits per heavy atom. The van der Waals surface area contributed by atoms with Crippen LogP contribution >= 0.6 is 0 Å². The second kappa shape index (κ2) is 6.76. The molecule has 0 radical (unpaired) electrons. The second-order valence-electron chi connectivity index (χ2n) is 3.77. The molecule has 0 aliphatic rings. The van der Waals surface area contributed by atoms with Crippen LogP contribution in [0, 0.1) is 10.1 Å². The lowest BCUT2D eigenvalue weighted by Crippen LogP contribution is -2.21. The molecule has 19 heavy (non-hydrogen) atoms. The smallest absolute Gasteiger partial charge is 0.315 e. The largest absolute Gasteiger partial charge is 0.491 e. The van der Waals surface area contributed by atoms with Crippen molar-refractivity contribution >= 4 is 17.1 Å². The van der Waals surface area contributed by atoms with E-state index < -0.39 is 17.6 Å². The van der Waals surface area contributed by atoms with Crippen molar-refractivity contribution in [1.29, 1.82) is 0 Å². The average Bonchev–Trinajstić information content (AvgIpc) is 2.42. The zero-order chi connectivity index (χ0) is 14.4. The van der Waals surface area contributed by atoms with E-state index in [9.17, 15) is 15.2 Å². The van der Waals surface area contributed by atoms with E-state index in [0.717, 1.165) is 0 Å². The van der Waals surface area contributed by atoms with Gasteiger partial charge < -0.3 is 25.6 Å². The van der Waals surface area contributed by atoms with Crippen LogP contribution in [0.4, 0.5) is 17.1 Å². The van der Waals surface area contributed by atoms with Gasteiger partial charge in [0, 0.05) is 26.2 Å². The first-order chi connectivity index (χ1) is 9.03. The summed E-state index contributed by atoms with van der Waals surface area (Å²) in [5.74, 6) is 0.354. The van der Waals surface area contributed by atoms with Gasteiger partial charge in [0.1, 0.15) is 29.8 Å². The molecule has 1 unspecified atom stereocenters. The van der Waals surface area contributed by atoms with Crippen LogP contribution in [0.1, 0.15) is 0 Å². The number of hydrogen-bond donors (Lipinski definition) is 4. The van der Waals surface area contributed by atoms with Crippen LogP contribution in [-0.2, 0) is 0 Å². The van der Waals surface area contributed by atoms with Gasteiger partial charge in [-0.25, -0.2) is 0 Å². The molecular weight excluding hydrogens is 254 g/mol. The van der Waals surface area contributed by atoms with Gasteiger partial charge in [0.05, 0.1) is 11.5 Å². The van der Waals surface area contributed by atoms with Gasteiger partial charge in [-0.3, -0.25) is 10.1 Å². The molecule has 0 aliphatic heterocycles. The molecule has 0 spiro atoms. The van der Waals surface area contributed by atoms with Crippen molar-refractivity contribution in [3.63, 3.8) is 0 Å². The molecule has 0 amide bonds. The number of nitro benzene ring substituents is 1. The zero-order valence-corrected chi connectivity index (χ0v) is 10.7. The Morgan fingerprint density at radius 2 is 1.89 bits per heavy atom. The van der Waals surface area contributed by atoms with E-state index in [2.05, 4.69) is 10.6 Å². The highest BCUT2D eigenvalue weighted by Gasteiger charge is 2.20. The number of aliphatic hydroxyl groups excluding tert-OH is 2. The lowest BCUT2D eigenvalue weighted by Gasteiger charge is -2.13. The van der Waals surface area contributed by atoms with Crippen molar-refractivity contribution in [2.24, 2.45) is 0 Å². The first-order valence-corrected chi connectivity index (χ1v) is 5.63. The van der Waals surface area contributed by atoms with Crippen LogP contribution in [0.25, 0.3) is 0 Å². The van der Waals surface area contributed by atoms with Gasteiger partial charge in [0.15, 0.2) is 0 Å². The third-order valence-corrected chi connectivity index (χ3v) is 2.46. The summed E-state index contributed by atoms with van der Waals surface area (Å²) in [6, 6.07) is 2.92. The molecule has 0 aromatic heterocycles. The first kappa shape index (κ1) is 15.0. The number of nitrogens with zero attached hydrogens (tertiary/aromatic N) is 1. The maximum atomic E-state index is 11.0. The number of nitrogens with one attached hydrogen (secondary N) is 2. The molecule has 4 N–H and O–H groups in total. The molecule has 1 aromatic carbocycles. The molecule has 106 valence electrons. The molecule has 0 heterocycles. The van der Waals surface area contributed by atoms with E-state index in [1.807, 2.05) is 0 Å². The van der Waals surface area contributed by atoms with Crippen LogP contribution in [0.3, 0.4) is 0 Å². The minimum absolute atomic E-state index is 0.0833. The molecule has 1 aromatic rings. The van der Waals surface area contributed by atoms with Gasteiger partial charge in [-0.2, -0.15) is 0 Å². The van der Waals surface area contributed by atoms with Crippen molar-refractivity contribution in [3.05, 3.63) is 22.2 Å². The lowest BCUT2D eigenvalue weighted by atomic mass is 10.2. The number of benzene rings is 1. The molecule has 0 fully saturated rings. The van der Waals surface area contributed by atoms with Crippen LogP contribution in [0.15, 0.2) is 12.1 Å². The quantitative estimate of drug-likeness (QED) is 0.419. The van der Waals surface area contributed by atoms with Gasteiger partial charge >= 0.3 is 5.69 Å². The summed E-state index contributed by atoms with van der Waals surface area (Å²) in [4.78, 5) is 10.5. The van der Waals surface area contributed by atoms with E-state index in [4.69, 9.17) is 9.84 Å². The van der Waals surface area contributed by atoms with Gasteiger partial charge in [-0.1, -0.05) is 0 Å². The Kier molecular flexibility index (Phi) is 5.34. The summed E-state index contributed by atoms with van der Waals surface area (Å²) in [6.45, 7) is -0.509. The highest BCUT2D eigenvalue weighted by atomic mass is 16.6. The average molecular weight is 271 g/mol. The van der Waals surface area contributed by atoms with Crippen molar-refractivity contribution in [2.75, 3.05) is 37.9 Å². The van der Waals surface area contributed by atoms with Crippen LogP contribution in [0.2, 0.25) is 0 Å². The zero-order valence-electron chi connectivity index (χ0n) is 10.7. The predicted octanol–water partition coefficient (Wildman–Crippen LogP) is 0.410. The van der Waals surface area contributed by atoms with Crippen molar-refractivity contribution < 1.29 is 19.9 Å². The minimum atomic E-state index is -0.994. The summed E-state index contributed by atoms with van der Waals surface area (Å²) < 4.78 is 5.27. The monoisotopic (exact) mass is 271 g/mol. The maximum Gasteiger partial charge on any atom is 0.315 e. The third kappa shape index (κ3) is 3.70. The van der Waals surface area contributed by atoms with Gasteiger partial charge in [0.2, 0.25) is 0 Å². The van der Waals surface area contributed by atoms with Gasteiger partial charge in [-0.05, 0) is 0 Å². The molecular formula is C11H17N3O5. The number of nitro groups is 1. The number of hydrogen-bond acceptors (Lipinski definition) is 7. The summed E-state index contributed by atoms with van der Waals surface area (Å²) in [6.07, 6.45) is -0.994. The predicted molar refractivity (Wildman–Crippen MR) is 70.8 cm³/mol. The van der Waals surface area contributed by atoms with Crippen molar-refractivity contribution in [1.82, 2.24) is 0 Å². The Hall–Kier alpha value is -2.06. The second-order valence-corrected chi connectivity index (χ2v) is 3.77. The van der Waals surface area contributed by atoms with E-state index in [-0.39, 0.29) is 12.3 Å². The fourth-order valence-electron chi connectivity index (χ4n) is 1.51. The van der Waals surface area contributed by atoms with Crippen molar-refractivity contribution in [2.45, 2.75) is 6.10 Å². The Labute approximate surface area is 110 Å². The summed E-state index contributed by atoms with van der Waals surface area (Å²) in [7, 11) is 3.13. The Balaban J connectivity index is 3.05. The molecule has 1 atom stereocenters. The molecule has 8 nitrogen and oxygen atoms in total. The third-order valence-electron chi connectivity index (χ3n) is 2.46. The number of rotatable bonds is 7. The molecule has 0 aliphatic carbocycles. The van der Waals surface area contributed by atoms with E-state index in [0.29, 0.717) is 17.1 Å². The normalized spacial score (nSPS) is 11.8. The molecule has 0 bridgehead atoms. The van der Waals surface area contributed by atoms with Crippen LogP contribution in [0.5, 0.6) is 5.75 Å². The molecule has 1 rings (SSSR count). The van der Waals surface area contributed by atoms with Crippen molar-refractivity contribution in [3.8, 4) is 5.75 Å². The molecule has 0 saturated carbocycles. The van der Waals surface area contributed by atoms with E-state index in [1.165, 1.54) is 12.1 Å². The minimum Gasteiger partial charge on any atom is -0.491 e. The SMILES string of the molecule is CNc1cc(OCC(O)CO)cc(NC)c1[N+](=O)[O-]. The summed E-state index contributed by atoms with van der Waals surface area (Å²) in [5.41, 5.74) is 0.510. The van der Waals surface area contributed by atoms with E-state index in [1.54, 1.807) is 14.1 Å². The summed E-state index contributed by atoms with van der Waals surface area (Å²) in [5, 5.41) is 34.3. The fraction of sp³-hybridized carbons (Fsp3) is 0.455. The van der Waals surface area contributed by atoms with Crippen LogP contribution in [-0.4, -0.2) is 48.5 Å². The van der Waals surface area contributed by atoms with E-state index >= 15 is 0 Å². The molecule has 0 saturated heterocycles. The summed E-state index contributed by atoms with van der Waals surface area (Å²) >= 11 is 0. The maximum absolute atomic E-state index is 11.0. The number of anilines is 2. The first-order valence-electron chi connectivity index (χ1n) is 5.63. The highest BCUT2D eigenvalue weighted by Crippen LogP contribution is 2.36. The Morgan fingerprint density at radius 1 is 1.37 bits per heavy atom. The number of ether oxygens (including phenoxy) is 1. The molecule has 8 heteroatoms. The number of aliphatic hydroxyl groups is 2. The topological polar surface area (TPSA) is 117 Å². The Bertz CT molecular complexity index is 427. The van der Waals surface area contributed by atoms with Crippen LogP contribution < -0.4 is 15.4 Å². The van der Waals surface area contributed by atoms with Gasteiger partial charge in [-0.15, -0.1) is 0 Å². The lowest BCUT2D eigenvalue weighted by molar-refractivity contribution is -0.383. The highest BCUT2D eigenvalue weighted by molar-refractivity contribution is 5.78. The standard InChI is InChI=1S/C11H17N3O5/c1-12-9-3-8(19-6-7(16)5-15)4-10(13-2)11(9)14(17)18/h3-4,7,12-13,15-16H,5-6H2,1-2H3. The fourth-order valence-corrected chi connectivity index (χ4v) is 1.51.